The molecule has 100 valence electrons. The molecule has 0 bridgehead atoms. The van der Waals surface area contributed by atoms with Gasteiger partial charge in [-0.25, -0.2) is 0 Å². The van der Waals surface area contributed by atoms with Crippen LogP contribution in [0.3, 0.4) is 0 Å². The molecule has 1 N–H and O–H groups in total. The summed E-state index contributed by atoms with van der Waals surface area (Å²) in [5.74, 6) is -0.0743. The van der Waals surface area contributed by atoms with E-state index in [1.165, 1.54) is 0 Å². The van der Waals surface area contributed by atoms with Gasteiger partial charge in [0.25, 0.3) is 0 Å². The highest BCUT2D eigenvalue weighted by molar-refractivity contribution is 7.80. The van der Waals surface area contributed by atoms with Gasteiger partial charge in [-0.15, -0.1) is 0 Å². The first-order valence-corrected chi connectivity index (χ1v) is 6.91. The summed E-state index contributed by atoms with van der Waals surface area (Å²) in [4.78, 5) is 14.6. The molecule has 0 fully saturated rings. The van der Waals surface area contributed by atoms with Crippen molar-refractivity contribution in [2.75, 3.05) is 10.2 Å². The maximum atomic E-state index is 12.5. The van der Waals surface area contributed by atoms with E-state index in [4.69, 9.17) is 23.8 Å². The molecule has 1 aliphatic heterocycles. The first kappa shape index (κ1) is 13.1. The van der Waals surface area contributed by atoms with E-state index in [-0.39, 0.29) is 12.3 Å². The highest BCUT2D eigenvalue weighted by Crippen LogP contribution is 2.36. The van der Waals surface area contributed by atoms with Gasteiger partial charge < -0.3 is 5.32 Å². The number of halogens is 1. The number of nitrogens with one attached hydrogen (secondary N) is 1. The largest absolute Gasteiger partial charge is 0.348 e. The monoisotopic (exact) mass is 302 g/mol. The molecule has 2 aromatic rings. The first-order valence-electron chi connectivity index (χ1n) is 6.12. The van der Waals surface area contributed by atoms with Crippen molar-refractivity contribution in [1.29, 1.82) is 0 Å². The minimum absolute atomic E-state index is 0.0743. The smallest absolute Gasteiger partial charge is 0.238 e. The molecule has 20 heavy (non-hydrogen) atoms. The molecule has 0 saturated carbocycles. The lowest BCUT2D eigenvalue weighted by molar-refractivity contribution is -0.116. The molecule has 1 heterocycles. The summed E-state index contributed by atoms with van der Waals surface area (Å²) in [6.07, 6.45) is 0.177. The predicted octanol–water partition coefficient (Wildman–Crippen LogP) is 4.15. The van der Waals surface area contributed by atoms with Crippen molar-refractivity contribution in [3.63, 3.8) is 0 Å². The zero-order valence-corrected chi connectivity index (χ0v) is 12.0. The van der Waals surface area contributed by atoms with Crippen molar-refractivity contribution in [3.05, 3.63) is 53.6 Å². The fourth-order valence-corrected chi connectivity index (χ4v) is 2.60. The summed E-state index contributed by atoms with van der Waals surface area (Å²) < 4.78 is 0. The SMILES string of the molecule is O=C1CC(=S)Nc2ccc(Cl)cc2N1c1ccccc1. The number of carbonyl (C=O) groups is 1. The van der Waals surface area contributed by atoms with Crippen molar-refractivity contribution in [3.8, 4) is 0 Å². The molecule has 0 spiro atoms. The van der Waals surface area contributed by atoms with Crippen molar-refractivity contribution in [2.24, 2.45) is 0 Å². The summed E-state index contributed by atoms with van der Waals surface area (Å²) >= 11 is 11.3. The van der Waals surface area contributed by atoms with E-state index in [9.17, 15) is 4.79 Å². The van der Waals surface area contributed by atoms with E-state index in [1.807, 2.05) is 36.4 Å². The molecule has 5 heteroatoms. The Bertz CT molecular complexity index is 688. The zero-order chi connectivity index (χ0) is 14.1. The van der Waals surface area contributed by atoms with Crippen LogP contribution in [0.4, 0.5) is 17.1 Å². The molecule has 0 unspecified atom stereocenters. The van der Waals surface area contributed by atoms with Crippen molar-refractivity contribution in [1.82, 2.24) is 0 Å². The lowest BCUT2D eigenvalue weighted by atomic mass is 10.2. The van der Waals surface area contributed by atoms with Crippen LogP contribution < -0.4 is 10.2 Å². The molecular weight excluding hydrogens is 292 g/mol. The van der Waals surface area contributed by atoms with Gasteiger partial charge in [-0.3, -0.25) is 9.69 Å². The molecule has 1 aliphatic rings. The topological polar surface area (TPSA) is 32.3 Å². The van der Waals surface area contributed by atoms with E-state index in [2.05, 4.69) is 5.32 Å². The summed E-state index contributed by atoms with van der Waals surface area (Å²) in [7, 11) is 0. The van der Waals surface area contributed by atoms with E-state index >= 15 is 0 Å². The summed E-state index contributed by atoms with van der Waals surface area (Å²) in [6.45, 7) is 0. The highest BCUT2D eigenvalue weighted by Gasteiger charge is 2.25. The summed E-state index contributed by atoms with van der Waals surface area (Å²) in [5, 5.41) is 3.67. The minimum atomic E-state index is -0.0743. The van der Waals surface area contributed by atoms with Crippen LogP contribution in [0.5, 0.6) is 0 Å². The molecular formula is C15H11ClN2OS. The molecule has 3 nitrogen and oxygen atoms in total. The molecule has 0 radical (unpaired) electrons. The van der Waals surface area contributed by atoms with E-state index in [1.54, 1.807) is 17.0 Å². The number of hydrogen-bond donors (Lipinski definition) is 1. The van der Waals surface area contributed by atoms with Crippen LogP contribution in [0.2, 0.25) is 5.02 Å². The average Bonchev–Trinajstić information content (AvgIpc) is 2.54. The van der Waals surface area contributed by atoms with Gasteiger partial charge in [-0.1, -0.05) is 42.0 Å². The third-order valence-corrected chi connectivity index (χ3v) is 3.53. The number of para-hydroxylation sites is 1. The second-order valence-corrected chi connectivity index (χ2v) is 5.38. The van der Waals surface area contributed by atoms with Crippen LogP contribution in [-0.4, -0.2) is 10.9 Å². The van der Waals surface area contributed by atoms with Gasteiger partial charge in [0.2, 0.25) is 5.91 Å². The molecule has 3 rings (SSSR count). The van der Waals surface area contributed by atoms with Crippen molar-refractivity contribution >= 4 is 51.8 Å². The Hall–Kier alpha value is -1.91. The third kappa shape index (κ3) is 2.40. The standard InChI is InChI=1S/C15H11ClN2OS/c16-10-6-7-12-13(8-10)18(11-4-2-1-3-5-11)15(19)9-14(20)17-12/h1-8H,9H2,(H,17,20). The first-order chi connectivity index (χ1) is 9.65. The van der Waals surface area contributed by atoms with Gasteiger partial charge in [0.05, 0.1) is 22.8 Å². The van der Waals surface area contributed by atoms with Crippen LogP contribution in [0.1, 0.15) is 6.42 Å². The van der Waals surface area contributed by atoms with E-state index < -0.39 is 0 Å². The van der Waals surface area contributed by atoms with Crippen molar-refractivity contribution in [2.45, 2.75) is 6.42 Å². The number of rotatable bonds is 1. The van der Waals surface area contributed by atoms with Gasteiger partial charge in [0.15, 0.2) is 0 Å². The quantitative estimate of drug-likeness (QED) is 0.803. The Labute approximate surface area is 127 Å². The fourth-order valence-electron chi connectivity index (χ4n) is 2.20. The van der Waals surface area contributed by atoms with Gasteiger partial charge in [0, 0.05) is 10.7 Å². The van der Waals surface area contributed by atoms with E-state index in [0.717, 1.165) is 11.4 Å². The number of benzene rings is 2. The highest BCUT2D eigenvalue weighted by atomic mass is 35.5. The maximum Gasteiger partial charge on any atom is 0.238 e. The third-order valence-electron chi connectivity index (χ3n) is 3.05. The molecule has 1 amide bonds. The summed E-state index contributed by atoms with van der Waals surface area (Å²) in [5.41, 5.74) is 2.30. The van der Waals surface area contributed by atoms with Crippen LogP contribution in [-0.2, 0) is 4.79 Å². The van der Waals surface area contributed by atoms with Gasteiger partial charge in [-0.05, 0) is 30.3 Å². The van der Waals surface area contributed by atoms with Crippen molar-refractivity contribution < 1.29 is 4.79 Å². The molecule has 2 aromatic carbocycles. The number of fused-ring (bicyclic) bond motifs is 1. The Balaban J connectivity index is 2.20. The lowest BCUT2D eigenvalue weighted by Gasteiger charge is -2.22. The van der Waals surface area contributed by atoms with Gasteiger partial charge >= 0.3 is 0 Å². The number of amides is 1. The van der Waals surface area contributed by atoms with E-state index in [0.29, 0.717) is 15.7 Å². The fraction of sp³-hybridized carbons (Fsp3) is 0.0667. The van der Waals surface area contributed by atoms with Gasteiger partial charge in [-0.2, -0.15) is 0 Å². The molecule has 0 aliphatic carbocycles. The number of carbonyl (C=O) groups excluding carboxylic acids is 1. The molecule has 0 saturated heterocycles. The molecule has 0 atom stereocenters. The predicted molar refractivity (Wildman–Crippen MR) is 85.9 cm³/mol. The number of hydrogen-bond acceptors (Lipinski definition) is 2. The van der Waals surface area contributed by atoms with Crippen LogP contribution in [0.15, 0.2) is 48.5 Å². The number of anilines is 3. The van der Waals surface area contributed by atoms with Crippen LogP contribution in [0.25, 0.3) is 0 Å². The Morgan fingerprint density at radius 2 is 1.90 bits per heavy atom. The Morgan fingerprint density at radius 3 is 2.65 bits per heavy atom. The number of nitrogens with zero attached hydrogens (tertiary/aromatic N) is 1. The number of thiocarbonyl (C=S) groups is 1. The van der Waals surface area contributed by atoms with Gasteiger partial charge in [0.1, 0.15) is 0 Å². The zero-order valence-electron chi connectivity index (χ0n) is 10.5. The second kappa shape index (κ2) is 5.23. The maximum absolute atomic E-state index is 12.5. The minimum Gasteiger partial charge on any atom is -0.348 e. The second-order valence-electron chi connectivity index (χ2n) is 4.45. The van der Waals surface area contributed by atoms with Crippen LogP contribution in [0, 0.1) is 0 Å². The van der Waals surface area contributed by atoms with Crippen LogP contribution >= 0.6 is 23.8 Å². The molecule has 0 aromatic heterocycles. The summed E-state index contributed by atoms with van der Waals surface area (Å²) in [6, 6.07) is 14.8. The average molecular weight is 303 g/mol. The Kier molecular flexibility index (Phi) is 3.42. The normalized spacial score (nSPS) is 14.6. The lowest BCUT2D eigenvalue weighted by Crippen LogP contribution is -2.25. The Morgan fingerprint density at radius 1 is 1.15 bits per heavy atom.